The summed E-state index contributed by atoms with van der Waals surface area (Å²) in [5.41, 5.74) is 4.83. The van der Waals surface area contributed by atoms with Gasteiger partial charge in [-0.15, -0.1) is 0 Å². The Morgan fingerprint density at radius 3 is 2.13 bits per heavy atom. The van der Waals surface area contributed by atoms with Crippen molar-refractivity contribution in [1.82, 2.24) is 0 Å². The van der Waals surface area contributed by atoms with Crippen LogP contribution in [0.5, 0.6) is 5.75 Å². The van der Waals surface area contributed by atoms with Crippen molar-refractivity contribution < 1.29 is 23.9 Å². The lowest BCUT2D eigenvalue weighted by Gasteiger charge is -2.44. The second kappa shape index (κ2) is 15.3. The van der Waals surface area contributed by atoms with E-state index in [4.69, 9.17) is 9.16 Å². The molecule has 2 aliphatic heterocycles. The van der Waals surface area contributed by atoms with Crippen LogP contribution in [-0.2, 0) is 18.8 Å². The minimum atomic E-state index is -2.90. The molecule has 1 aliphatic carbocycles. The summed E-state index contributed by atoms with van der Waals surface area (Å²) in [5.74, 6) is -1.18. The van der Waals surface area contributed by atoms with Crippen LogP contribution in [0.15, 0.2) is 130 Å². The summed E-state index contributed by atoms with van der Waals surface area (Å²) in [7, 11) is -2.90. The van der Waals surface area contributed by atoms with E-state index >= 15 is 0 Å². The first kappa shape index (κ1) is 37.2. The highest BCUT2D eigenvalue weighted by atomic mass is 79.9. The molecule has 0 aromatic heterocycles. The van der Waals surface area contributed by atoms with Crippen LogP contribution < -0.4 is 15.3 Å². The van der Waals surface area contributed by atoms with E-state index in [-0.39, 0.29) is 34.6 Å². The molecule has 3 aliphatic rings. The van der Waals surface area contributed by atoms with Gasteiger partial charge < -0.3 is 14.3 Å². The molecule has 0 spiro atoms. The van der Waals surface area contributed by atoms with E-state index in [1.54, 1.807) is 6.07 Å². The highest BCUT2D eigenvalue weighted by molar-refractivity contribution is 9.10. The molecule has 0 unspecified atom stereocenters. The van der Waals surface area contributed by atoms with Crippen molar-refractivity contribution in [2.24, 2.45) is 17.8 Å². The second-order valence-corrected chi connectivity index (χ2v) is 20.7. The molecule has 1 N–H and O–H groups in total. The van der Waals surface area contributed by atoms with Crippen molar-refractivity contribution in [3.05, 3.63) is 136 Å². The molecule has 4 aromatic rings. The average molecular weight is 791 g/mol. The lowest BCUT2D eigenvalue weighted by atomic mass is 9.69. The number of rotatable bonds is 11. The predicted octanol–water partition coefficient (Wildman–Crippen LogP) is 8.83. The Hall–Kier alpha value is -4.08. The lowest BCUT2D eigenvalue weighted by Crippen LogP contribution is -2.66. The van der Waals surface area contributed by atoms with E-state index in [9.17, 15) is 14.7 Å². The molecule has 2 heterocycles. The van der Waals surface area contributed by atoms with Crippen LogP contribution in [0.1, 0.15) is 58.9 Å². The van der Waals surface area contributed by atoms with Crippen LogP contribution in [0.3, 0.4) is 0 Å². The highest BCUT2D eigenvalue weighted by Gasteiger charge is 2.58. The standard InChI is InChI=1S/C45H48BrNO5Si/c1-5-30(25-31-26-33(46)22-23-39(31)48)21-24-40-41-32(27-37-42(38(41)29-51-40)44(50)47(43(37)49)34-15-9-6-10-16-34)28-52-53(45(2,3)4,35-17-11-7-12-18-35)36-19-13-8-14-20-36/h6-20,22-23,25-26,37-38,40,42,48H,5,21,24,27-29H2,1-4H3/b30-25+/t37-,38+,40-,42-/m1/s1. The number of phenolic OH excluding ortho intramolecular Hbond substituents is 1. The number of para-hydroxylation sites is 1. The number of halogens is 1. The number of hydrogen-bond donors (Lipinski definition) is 1. The zero-order chi connectivity index (χ0) is 37.3. The van der Waals surface area contributed by atoms with Crippen LogP contribution in [0.2, 0.25) is 5.04 Å². The number of allylic oxidation sites excluding steroid dienone is 1. The lowest BCUT2D eigenvalue weighted by molar-refractivity contribution is -0.122. The molecule has 4 atom stereocenters. The van der Waals surface area contributed by atoms with Gasteiger partial charge in [0.15, 0.2) is 0 Å². The topological polar surface area (TPSA) is 76.1 Å². The first-order valence-corrected chi connectivity index (χ1v) is 21.4. The van der Waals surface area contributed by atoms with Crippen molar-refractivity contribution in [3.8, 4) is 5.75 Å². The van der Waals surface area contributed by atoms with Crippen molar-refractivity contribution >= 4 is 58.2 Å². The van der Waals surface area contributed by atoms with Crippen molar-refractivity contribution in [1.29, 1.82) is 0 Å². The SMILES string of the molecule is CC/C(=C\c1cc(Br)ccc1O)CC[C@H]1OC[C@H]2C1=C(CO[Si](c1ccccc1)(c1ccccc1)C(C)(C)C)C[C@H]1C(=O)N(c3ccccc3)C(=O)[C@H]12. The summed E-state index contributed by atoms with van der Waals surface area (Å²) >= 11 is 3.54. The summed E-state index contributed by atoms with van der Waals surface area (Å²) in [4.78, 5) is 29.9. The van der Waals surface area contributed by atoms with Crippen LogP contribution in [0.25, 0.3) is 6.08 Å². The number of aromatic hydroxyl groups is 1. The molecule has 2 fully saturated rings. The fraction of sp³-hybridized carbons (Fsp3) is 0.333. The van der Waals surface area contributed by atoms with Gasteiger partial charge >= 0.3 is 0 Å². The van der Waals surface area contributed by atoms with Gasteiger partial charge in [0.25, 0.3) is 8.32 Å². The molecule has 2 saturated heterocycles. The van der Waals surface area contributed by atoms with Gasteiger partial charge in [0, 0.05) is 16.0 Å². The third-order valence-corrected chi connectivity index (χ3v) is 16.9. The van der Waals surface area contributed by atoms with Gasteiger partial charge in [-0.1, -0.05) is 134 Å². The van der Waals surface area contributed by atoms with Gasteiger partial charge in [-0.2, -0.15) is 0 Å². The Morgan fingerprint density at radius 1 is 0.906 bits per heavy atom. The molecule has 6 nitrogen and oxygen atoms in total. The summed E-state index contributed by atoms with van der Waals surface area (Å²) in [5, 5.41) is 12.7. The molecule has 8 heteroatoms. The predicted molar refractivity (Wildman–Crippen MR) is 218 cm³/mol. The maximum absolute atomic E-state index is 14.3. The van der Waals surface area contributed by atoms with E-state index in [1.165, 1.54) is 20.8 Å². The number of nitrogens with zero attached hydrogens (tertiary/aromatic N) is 1. The van der Waals surface area contributed by atoms with Crippen LogP contribution in [0, 0.1) is 17.8 Å². The molecule has 0 saturated carbocycles. The van der Waals surface area contributed by atoms with Gasteiger partial charge in [-0.3, -0.25) is 14.5 Å². The maximum atomic E-state index is 14.3. The third kappa shape index (κ3) is 7.03. The van der Waals surface area contributed by atoms with Gasteiger partial charge in [0.2, 0.25) is 11.8 Å². The van der Waals surface area contributed by atoms with Gasteiger partial charge in [0.05, 0.1) is 36.8 Å². The van der Waals surface area contributed by atoms with Gasteiger partial charge in [-0.25, -0.2) is 0 Å². The number of fused-ring (bicyclic) bond motifs is 3. The molecule has 2 amide bonds. The zero-order valence-corrected chi connectivity index (χ0v) is 33.5. The van der Waals surface area contributed by atoms with Crippen LogP contribution in [-0.4, -0.2) is 44.6 Å². The summed E-state index contributed by atoms with van der Waals surface area (Å²) < 4.78 is 15.1. The first-order chi connectivity index (χ1) is 25.5. The van der Waals surface area contributed by atoms with Crippen molar-refractivity contribution in [3.63, 3.8) is 0 Å². The van der Waals surface area contributed by atoms with Crippen molar-refractivity contribution in [2.75, 3.05) is 18.1 Å². The van der Waals surface area contributed by atoms with E-state index in [1.807, 2.05) is 54.6 Å². The largest absolute Gasteiger partial charge is 0.507 e. The molecular weight excluding hydrogens is 742 g/mol. The number of hydrogen-bond acceptors (Lipinski definition) is 5. The fourth-order valence-corrected chi connectivity index (χ4v) is 13.8. The number of amides is 2. The Kier molecular flexibility index (Phi) is 10.8. The molecule has 7 rings (SSSR count). The second-order valence-electron chi connectivity index (χ2n) is 15.5. The number of carbonyl (C=O) groups excluding carboxylic acids is 2. The molecule has 274 valence electrons. The molecule has 0 radical (unpaired) electrons. The Morgan fingerprint density at radius 2 is 1.53 bits per heavy atom. The maximum Gasteiger partial charge on any atom is 0.261 e. The normalized spacial score (nSPS) is 22.0. The monoisotopic (exact) mass is 789 g/mol. The molecule has 0 bridgehead atoms. The van der Waals surface area contributed by atoms with Crippen molar-refractivity contribution in [2.45, 2.75) is 64.5 Å². The summed E-state index contributed by atoms with van der Waals surface area (Å²) in [6.07, 6.45) is 4.65. The summed E-state index contributed by atoms with van der Waals surface area (Å²) in [6, 6.07) is 36.0. The first-order valence-electron chi connectivity index (χ1n) is 18.7. The number of benzene rings is 4. The Labute approximate surface area is 322 Å². The molecular formula is C45H48BrNO5Si. The number of anilines is 1. The number of ether oxygens (including phenoxy) is 1. The number of imide groups is 1. The molecule has 53 heavy (non-hydrogen) atoms. The number of phenols is 1. The third-order valence-electron chi connectivity index (χ3n) is 11.4. The Bertz CT molecular complexity index is 1980. The molecule has 4 aromatic carbocycles. The highest BCUT2D eigenvalue weighted by Crippen LogP contribution is 2.51. The fourth-order valence-electron chi connectivity index (χ4n) is 8.92. The van der Waals surface area contributed by atoms with Gasteiger partial charge in [-0.05, 0) is 82.6 Å². The summed E-state index contributed by atoms with van der Waals surface area (Å²) in [6.45, 7) is 9.71. The van der Waals surface area contributed by atoms with E-state index in [2.05, 4.69) is 98.2 Å². The van der Waals surface area contributed by atoms with Gasteiger partial charge in [0.1, 0.15) is 5.75 Å². The van der Waals surface area contributed by atoms with E-state index in [0.29, 0.717) is 25.3 Å². The van der Waals surface area contributed by atoms with E-state index < -0.39 is 20.2 Å². The average Bonchev–Trinajstić information content (AvgIpc) is 3.69. The van der Waals surface area contributed by atoms with E-state index in [0.717, 1.165) is 40.4 Å². The minimum absolute atomic E-state index is 0.135. The Balaban J connectivity index is 1.28. The zero-order valence-electron chi connectivity index (χ0n) is 30.9. The minimum Gasteiger partial charge on any atom is -0.507 e. The number of carbonyl (C=O) groups is 2. The van der Waals surface area contributed by atoms with Crippen LogP contribution in [0.4, 0.5) is 5.69 Å². The van der Waals surface area contributed by atoms with Crippen LogP contribution >= 0.6 is 15.9 Å². The quantitative estimate of drug-likeness (QED) is 0.0935. The smallest absolute Gasteiger partial charge is 0.261 e.